The van der Waals surface area contributed by atoms with Crippen LogP contribution in [0.25, 0.3) is 0 Å². The summed E-state index contributed by atoms with van der Waals surface area (Å²) in [5.74, 6) is 0.161. The number of carbonyl (C=O) groups excluding carboxylic acids is 1. The number of rotatable bonds is 4. The molecule has 0 amide bonds. The number of hydrogen-bond acceptors (Lipinski definition) is 4. The summed E-state index contributed by atoms with van der Waals surface area (Å²) in [4.78, 5) is 10.8. The van der Waals surface area contributed by atoms with Crippen molar-refractivity contribution in [1.29, 1.82) is 5.26 Å². The fraction of sp³-hybridized carbons (Fsp3) is 0.273. The maximum atomic E-state index is 10.8. The molecule has 0 unspecified atom stereocenters. The van der Waals surface area contributed by atoms with Gasteiger partial charge in [0.05, 0.1) is 25.7 Å². The predicted octanol–water partition coefficient (Wildman–Crippen LogP) is 1.50. The van der Waals surface area contributed by atoms with E-state index in [0.717, 1.165) is 0 Å². The highest BCUT2D eigenvalue weighted by Crippen LogP contribution is 2.16. The first kappa shape index (κ1) is 11.1. The van der Waals surface area contributed by atoms with Crippen molar-refractivity contribution in [2.24, 2.45) is 0 Å². The Morgan fingerprint density at radius 2 is 2.20 bits per heavy atom. The van der Waals surface area contributed by atoms with Gasteiger partial charge >= 0.3 is 5.97 Å². The van der Waals surface area contributed by atoms with Gasteiger partial charge in [-0.3, -0.25) is 4.79 Å². The fourth-order valence-electron chi connectivity index (χ4n) is 1.03. The molecule has 4 nitrogen and oxygen atoms in total. The third-order valence-electron chi connectivity index (χ3n) is 1.80. The lowest BCUT2D eigenvalue weighted by Gasteiger charge is -2.06. The van der Waals surface area contributed by atoms with Crippen molar-refractivity contribution >= 4 is 5.97 Å². The second-order valence-corrected chi connectivity index (χ2v) is 2.78. The number of nitrogens with zero attached hydrogens (tertiary/aromatic N) is 1. The Bertz CT molecular complexity index is 382. The molecule has 1 rings (SSSR count). The molecule has 0 heterocycles. The molecule has 0 atom stereocenters. The second kappa shape index (κ2) is 5.66. The lowest BCUT2D eigenvalue weighted by Crippen LogP contribution is -2.07. The molecule has 0 radical (unpaired) electrons. The molecule has 1 aromatic carbocycles. The smallest absolute Gasteiger partial charge is 0.308 e. The van der Waals surface area contributed by atoms with Gasteiger partial charge in [-0.15, -0.1) is 0 Å². The van der Waals surface area contributed by atoms with Gasteiger partial charge in [-0.05, 0) is 12.1 Å². The van der Waals surface area contributed by atoms with E-state index in [9.17, 15) is 4.79 Å². The summed E-state index contributed by atoms with van der Waals surface area (Å²) >= 11 is 0. The Balaban J connectivity index is 2.51. The van der Waals surface area contributed by atoms with Crippen LogP contribution in [0.15, 0.2) is 24.3 Å². The second-order valence-electron chi connectivity index (χ2n) is 2.78. The van der Waals surface area contributed by atoms with E-state index in [2.05, 4.69) is 4.74 Å². The summed E-state index contributed by atoms with van der Waals surface area (Å²) in [6, 6.07) is 8.88. The molecule has 0 aliphatic carbocycles. The minimum absolute atomic E-state index is 0.177. The van der Waals surface area contributed by atoms with Gasteiger partial charge in [-0.2, -0.15) is 5.26 Å². The highest BCUT2D eigenvalue weighted by Gasteiger charge is 2.03. The quantitative estimate of drug-likeness (QED) is 0.699. The van der Waals surface area contributed by atoms with Crippen LogP contribution in [0.2, 0.25) is 0 Å². The summed E-state index contributed by atoms with van der Waals surface area (Å²) in [6.45, 7) is 0.214. The maximum absolute atomic E-state index is 10.8. The Hall–Kier alpha value is -2.02. The Labute approximate surface area is 88.0 Å². The summed E-state index contributed by atoms with van der Waals surface area (Å²) in [7, 11) is 1.32. The first-order valence-corrected chi connectivity index (χ1v) is 4.46. The average molecular weight is 205 g/mol. The predicted molar refractivity (Wildman–Crippen MR) is 53.3 cm³/mol. The zero-order valence-corrected chi connectivity index (χ0v) is 8.40. The summed E-state index contributed by atoms with van der Waals surface area (Å²) in [5, 5.41) is 8.75. The topological polar surface area (TPSA) is 59.3 Å². The summed E-state index contributed by atoms with van der Waals surface area (Å²) in [5.41, 5.74) is 0.461. The number of para-hydroxylation sites is 1. The normalized spacial score (nSPS) is 9.07. The van der Waals surface area contributed by atoms with E-state index >= 15 is 0 Å². The van der Waals surface area contributed by atoms with Crippen molar-refractivity contribution in [2.75, 3.05) is 13.7 Å². The van der Waals surface area contributed by atoms with Gasteiger partial charge in [0.1, 0.15) is 11.8 Å². The minimum atomic E-state index is -0.329. The van der Waals surface area contributed by atoms with E-state index in [-0.39, 0.29) is 19.0 Å². The molecule has 0 spiro atoms. The lowest BCUT2D eigenvalue weighted by molar-refractivity contribution is -0.141. The largest absolute Gasteiger partial charge is 0.492 e. The van der Waals surface area contributed by atoms with E-state index < -0.39 is 0 Å². The van der Waals surface area contributed by atoms with Crippen LogP contribution in [0.4, 0.5) is 0 Å². The van der Waals surface area contributed by atoms with Crippen LogP contribution in [0.1, 0.15) is 12.0 Å². The highest BCUT2D eigenvalue weighted by molar-refractivity contribution is 5.69. The van der Waals surface area contributed by atoms with Crippen molar-refractivity contribution in [1.82, 2.24) is 0 Å². The number of ether oxygens (including phenoxy) is 2. The average Bonchev–Trinajstić information content (AvgIpc) is 2.29. The highest BCUT2D eigenvalue weighted by atomic mass is 16.5. The van der Waals surface area contributed by atoms with Crippen LogP contribution < -0.4 is 4.74 Å². The minimum Gasteiger partial charge on any atom is -0.492 e. The molecule has 0 aromatic heterocycles. The van der Waals surface area contributed by atoms with Crippen molar-refractivity contribution in [2.45, 2.75) is 6.42 Å². The van der Waals surface area contributed by atoms with E-state index in [0.29, 0.717) is 11.3 Å². The Morgan fingerprint density at radius 3 is 2.87 bits per heavy atom. The molecule has 0 aliphatic heterocycles. The van der Waals surface area contributed by atoms with E-state index in [1.165, 1.54) is 7.11 Å². The molecule has 15 heavy (non-hydrogen) atoms. The Morgan fingerprint density at radius 1 is 1.47 bits per heavy atom. The van der Waals surface area contributed by atoms with Crippen LogP contribution in [0, 0.1) is 11.3 Å². The van der Waals surface area contributed by atoms with Gasteiger partial charge in [0.2, 0.25) is 0 Å². The monoisotopic (exact) mass is 205 g/mol. The molecule has 0 saturated carbocycles. The zero-order valence-electron chi connectivity index (χ0n) is 8.40. The number of nitriles is 1. The molecular weight excluding hydrogens is 194 g/mol. The molecule has 1 aromatic rings. The van der Waals surface area contributed by atoms with Gasteiger partial charge in [0, 0.05) is 0 Å². The molecule has 0 bridgehead atoms. The molecule has 0 N–H and O–H groups in total. The lowest BCUT2D eigenvalue weighted by atomic mass is 10.2. The molecule has 0 fully saturated rings. The van der Waals surface area contributed by atoms with Gasteiger partial charge in [0.25, 0.3) is 0 Å². The maximum Gasteiger partial charge on any atom is 0.308 e. The number of methoxy groups -OCH3 is 1. The van der Waals surface area contributed by atoms with Crippen molar-refractivity contribution < 1.29 is 14.3 Å². The van der Waals surface area contributed by atoms with Crippen LogP contribution in [-0.4, -0.2) is 19.7 Å². The molecule has 4 heteroatoms. The number of carbonyl (C=O) groups is 1. The molecular formula is C11H11NO3. The van der Waals surface area contributed by atoms with E-state index in [1.807, 2.05) is 6.07 Å². The first-order chi connectivity index (χ1) is 7.27. The van der Waals surface area contributed by atoms with Gasteiger partial charge in [-0.25, -0.2) is 0 Å². The zero-order chi connectivity index (χ0) is 11.1. The van der Waals surface area contributed by atoms with Crippen LogP contribution in [-0.2, 0) is 9.53 Å². The van der Waals surface area contributed by atoms with E-state index in [1.54, 1.807) is 24.3 Å². The summed E-state index contributed by atoms with van der Waals surface area (Å²) < 4.78 is 9.74. The molecule has 0 aliphatic rings. The van der Waals surface area contributed by atoms with Crippen LogP contribution in [0.5, 0.6) is 5.75 Å². The number of hydrogen-bond donors (Lipinski definition) is 0. The van der Waals surface area contributed by atoms with E-state index in [4.69, 9.17) is 10.00 Å². The molecule has 0 saturated heterocycles. The van der Waals surface area contributed by atoms with Gasteiger partial charge in [-0.1, -0.05) is 12.1 Å². The SMILES string of the molecule is COC(=O)CCOc1ccccc1C#N. The van der Waals surface area contributed by atoms with Gasteiger partial charge < -0.3 is 9.47 Å². The number of esters is 1. The fourth-order valence-corrected chi connectivity index (χ4v) is 1.03. The summed E-state index contributed by atoms with van der Waals surface area (Å²) in [6.07, 6.45) is 0.177. The first-order valence-electron chi connectivity index (χ1n) is 4.46. The standard InChI is InChI=1S/C11H11NO3/c1-14-11(13)6-7-15-10-5-3-2-4-9(10)8-12/h2-5H,6-7H2,1H3. The van der Waals surface area contributed by atoms with Crippen molar-refractivity contribution in [3.05, 3.63) is 29.8 Å². The van der Waals surface area contributed by atoms with Crippen molar-refractivity contribution in [3.63, 3.8) is 0 Å². The molecule has 78 valence electrons. The third kappa shape index (κ3) is 3.31. The Kier molecular flexibility index (Phi) is 4.17. The van der Waals surface area contributed by atoms with Crippen LogP contribution in [0.3, 0.4) is 0 Å². The van der Waals surface area contributed by atoms with Crippen LogP contribution >= 0.6 is 0 Å². The third-order valence-corrected chi connectivity index (χ3v) is 1.80. The van der Waals surface area contributed by atoms with Gasteiger partial charge in [0.15, 0.2) is 0 Å². The van der Waals surface area contributed by atoms with Crippen molar-refractivity contribution in [3.8, 4) is 11.8 Å². The number of benzene rings is 1.